The van der Waals surface area contributed by atoms with Gasteiger partial charge in [-0.25, -0.2) is 4.98 Å². The molecule has 0 atom stereocenters. The van der Waals surface area contributed by atoms with Crippen LogP contribution in [0, 0.1) is 0 Å². The Kier molecular flexibility index (Phi) is 3.34. The highest BCUT2D eigenvalue weighted by molar-refractivity contribution is 7.16. The Balaban J connectivity index is 1.70. The highest BCUT2D eigenvalue weighted by Gasteiger charge is 2.24. The normalized spacial score (nSPS) is 12.0. The van der Waals surface area contributed by atoms with Crippen molar-refractivity contribution >= 4 is 16.5 Å². The van der Waals surface area contributed by atoms with E-state index in [1.165, 1.54) is 27.1 Å². The van der Waals surface area contributed by atoms with Crippen molar-refractivity contribution in [2.24, 2.45) is 0 Å². The number of ether oxygens (including phenoxy) is 1. The molecule has 116 valence electrons. The van der Waals surface area contributed by atoms with Gasteiger partial charge in [-0.1, -0.05) is 30.3 Å². The Morgan fingerprint density at radius 1 is 1.04 bits per heavy atom. The molecule has 0 saturated heterocycles. The highest BCUT2D eigenvalue weighted by atomic mass is 32.1. The maximum atomic E-state index is 5.23. The minimum absolute atomic E-state index is 0.887. The van der Waals surface area contributed by atoms with E-state index in [-0.39, 0.29) is 0 Å². The third-order valence-electron chi connectivity index (χ3n) is 4.20. The van der Waals surface area contributed by atoms with E-state index in [1.54, 1.807) is 18.4 Å². The quantitative estimate of drug-likeness (QED) is 0.557. The lowest BCUT2D eigenvalue weighted by Gasteiger charge is -2.08. The van der Waals surface area contributed by atoms with Crippen LogP contribution in [0.15, 0.2) is 42.5 Å². The standard InChI is InChI=1S/C19H18N2OS/c1-21(2)19-20-18-16-9-6-13(10-14(16)11-17(18)23-19)12-4-7-15(22-3)8-5-12/h4-10H,11H2,1-3H3. The first-order valence-corrected chi connectivity index (χ1v) is 8.42. The van der Waals surface area contributed by atoms with Gasteiger partial charge in [0.05, 0.1) is 12.8 Å². The molecule has 0 unspecified atom stereocenters. The number of thiazole rings is 1. The second-order valence-electron chi connectivity index (χ2n) is 5.94. The van der Waals surface area contributed by atoms with Crippen LogP contribution in [-0.2, 0) is 6.42 Å². The molecule has 0 saturated carbocycles. The van der Waals surface area contributed by atoms with E-state index in [0.29, 0.717) is 0 Å². The molecule has 1 aromatic heterocycles. The summed E-state index contributed by atoms with van der Waals surface area (Å²) in [5.74, 6) is 0.887. The lowest BCUT2D eigenvalue weighted by atomic mass is 10.00. The largest absolute Gasteiger partial charge is 0.497 e. The van der Waals surface area contributed by atoms with Gasteiger partial charge < -0.3 is 9.64 Å². The van der Waals surface area contributed by atoms with Crippen LogP contribution in [0.3, 0.4) is 0 Å². The van der Waals surface area contributed by atoms with Gasteiger partial charge in [-0.15, -0.1) is 11.3 Å². The minimum atomic E-state index is 0.887. The predicted molar refractivity (Wildman–Crippen MR) is 96.7 cm³/mol. The first-order chi connectivity index (χ1) is 11.2. The minimum Gasteiger partial charge on any atom is -0.497 e. The number of methoxy groups -OCH3 is 1. The third kappa shape index (κ3) is 2.39. The maximum absolute atomic E-state index is 5.23. The molecule has 0 fully saturated rings. The molecule has 23 heavy (non-hydrogen) atoms. The summed E-state index contributed by atoms with van der Waals surface area (Å²) in [7, 11) is 5.78. The molecule has 0 bridgehead atoms. The summed E-state index contributed by atoms with van der Waals surface area (Å²) < 4.78 is 5.23. The van der Waals surface area contributed by atoms with Crippen LogP contribution >= 0.6 is 11.3 Å². The molecule has 0 amide bonds. The summed E-state index contributed by atoms with van der Waals surface area (Å²) in [6.07, 6.45) is 0.986. The van der Waals surface area contributed by atoms with Crippen LogP contribution in [-0.4, -0.2) is 26.2 Å². The van der Waals surface area contributed by atoms with Gasteiger partial charge in [-0.2, -0.15) is 0 Å². The van der Waals surface area contributed by atoms with E-state index < -0.39 is 0 Å². The van der Waals surface area contributed by atoms with Gasteiger partial charge in [0.25, 0.3) is 0 Å². The molecule has 0 aliphatic heterocycles. The Hall–Kier alpha value is -2.33. The van der Waals surface area contributed by atoms with Crippen molar-refractivity contribution in [1.29, 1.82) is 0 Å². The lowest BCUT2D eigenvalue weighted by Crippen LogP contribution is -2.07. The van der Waals surface area contributed by atoms with E-state index in [2.05, 4.69) is 35.2 Å². The van der Waals surface area contributed by atoms with Gasteiger partial charge in [0, 0.05) is 31.0 Å². The first kappa shape index (κ1) is 14.3. The van der Waals surface area contributed by atoms with Crippen LogP contribution < -0.4 is 9.64 Å². The summed E-state index contributed by atoms with van der Waals surface area (Å²) in [5.41, 5.74) is 6.27. The average molecular weight is 322 g/mol. The number of anilines is 1. The smallest absolute Gasteiger partial charge is 0.185 e. The summed E-state index contributed by atoms with van der Waals surface area (Å²) in [6.45, 7) is 0. The number of fused-ring (bicyclic) bond motifs is 3. The number of nitrogens with zero attached hydrogens (tertiary/aromatic N) is 2. The topological polar surface area (TPSA) is 25.4 Å². The number of aromatic nitrogens is 1. The zero-order chi connectivity index (χ0) is 16.0. The average Bonchev–Trinajstić information content (AvgIpc) is 3.12. The highest BCUT2D eigenvalue weighted by Crippen LogP contribution is 2.42. The lowest BCUT2D eigenvalue weighted by molar-refractivity contribution is 0.415. The van der Waals surface area contributed by atoms with Crippen molar-refractivity contribution in [3.05, 3.63) is 52.9 Å². The van der Waals surface area contributed by atoms with E-state index in [9.17, 15) is 0 Å². The van der Waals surface area contributed by atoms with Crippen molar-refractivity contribution in [2.45, 2.75) is 6.42 Å². The summed E-state index contributed by atoms with van der Waals surface area (Å²) in [4.78, 5) is 8.23. The maximum Gasteiger partial charge on any atom is 0.185 e. The third-order valence-corrected chi connectivity index (χ3v) is 5.43. The van der Waals surface area contributed by atoms with Crippen molar-refractivity contribution in [3.8, 4) is 28.1 Å². The Bertz CT molecular complexity index is 866. The summed E-state index contributed by atoms with van der Waals surface area (Å²) >= 11 is 1.79. The van der Waals surface area contributed by atoms with Gasteiger partial charge in [0.1, 0.15) is 5.75 Å². The summed E-state index contributed by atoms with van der Waals surface area (Å²) in [5, 5.41) is 1.08. The Labute approximate surface area is 140 Å². The van der Waals surface area contributed by atoms with Crippen molar-refractivity contribution in [1.82, 2.24) is 4.98 Å². The second kappa shape index (κ2) is 5.39. The van der Waals surface area contributed by atoms with Crippen LogP contribution in [0.5, 0.6) is 5.75 Å². The number of hydrogen-bond donors (Lipinski definition) is 0. The van der Waals surface area contributed by atoms with Crippen LogP contribution in [0.4, 0.5) is 5.13 Å². The van der Waals surface area contributed by atoms with E-state index >= 15 is 0 Å². The molecule has 3 aromatic rings. The SMILES string of the molecule is COc1ccc(-c2ccc3c(c2)Cc2sc(N(C)C)nc2-3)cc1. The first-order valence-electron chi connectivity index (χ1n) is 7.60. The van der Waals surface area contributed by atoms with Gasteiger partial charge in [-0.05, 0) is 28.8 Å². The molecule has 4 rings (SSSR count). The second-order valence-corrected chi connectivity index (χ2v) is 7.00. The van der Waals surface area contributed by atoms with Gasteiger partial charge >= 0.3 is 0 Å². The summed E-state index contributed by atoms with van der Waals surface area (Å²) in [6, 6.07) is 14.9. The van der Waals surface area contributed by atoms with Gasteiger partial charge in [0.2, 0.25) is 0 Å². The molecular weight excluding hydrogens is 304 g/mol. The number of hydrogen-bond acceptors (Lipinski definition) is 4. The fourth-order valence-corrected chi connectivity index (χ4v) is 3.99. The van der Waals surface area contributed by atoms with Crippen molar-refractivity contribution in [2.75, 3.05) is 26.1 Å². The molecule has 0 N–H and O–H groups in total. The fraction of sp³-hybridized carbons (Fsp3) is 0.211. The van der Waals surface area contributed by atoms with Crippen molar-refractivity contribution in [3.63, 3.8) is 0 Å². The van der Waals surface area contributed by atoms with E-state index in [4.69, 9.17) is 9.72 Å². The molecule has 4 heteroatoms. The van der Waals surface area contributed by atoms with Crippen molar-refractivity contribution < 1.29 is 4.74 Å². The fourth-order valence-electron chi connectivity index (χ4n) is 2.97. The number of benzene rings is 2. The van der Waals surface area contributed by atoms with E-state index in [1.807, 2.05) is 26.2 Å². The molecule has 0 radical (unpaired) electrons. The Morgan fingerprint density at radius 2 is 1.78 bits per heavy atom. The monoisotopic (exact) mass is 322 g/mol. The molecule has 1 heterocycles. The zero-order valence-electron chi connectivity index (χ0n) is 13.5. The van der Waals surface area contributed by atoms with Crippen LogP contribution in [0.25, 0.3) is 22.4 Å². The number of rotatable bonds is 3. The predicted octanol–water partition coefficient (Wildman–Crippen LogP) is 4.46. The molecular formula is C19H18N2OS. The zero-order valence-corrected chi connectivity index (χ0v) is 14.3. The Morgan fingerprint density at radius 3 is 2.48 bits per heavy atom. The van der Waals surface area contributed by atoms with Crippen LogP contribution in [0.1, 0.15) is 10.4 Å². The van der Waals surface area contributed by atoms with Gasteiger partial charge in [-0.3, -0.25) is 0 Å². The molecule has 1 aliphatic carbocycles. The molecule has 3 nitrogen and oxygen atoms in total. The molecule has 0 spiro atoms. The van der Waals surface area contributed by atoms with E-state index in [0.717, 1.165) is 23.0 Å². The van der Waals surface area contributed by atoms with Gasteiger partial charge in [0.15, 0.2) is 5.13 Å². The molecule has 1 aliphatic rings. The molecule has 2 aromatic carbocycles. The van der Waals surface area contributed by atoms with Crippen LogP contribution in [0.2, 0.25) is 0 Å².